The molecule has 1 amide bonds. The molecule has 0 spiro atoms. The normalized spacial score (nSPS) is 15.1. The van der Waals surface area contributed by atoms with E-state index in [9.17, 15) is 9.18 Å². The molecule has 5 rings (SSSR count). The minimum atomic E-state index is -0.703. The smallest absolute Gasteiger partial charge is 0.245 e. The predicted octanol–water partition coefficient (Wildman–Crippen LogP) is 5.62. The molecule has 1 saturated heterocycles. The second-order valence-electron chi connectivity index (χ2n) is 9.68. The zero-order valence-electron chi connectivity index (χ0n) is 21.8. The summed E-state index contributed by atoms with van der Waals surface area (Å²) in [6.07, 6.45) is 3.57. The predicted molar refractivity (Wildman–Crippen MR) is 148 cm³/mol. The average Bonchev–Trinajstić information content (AvgIpc) is 3.11. The molecule has 198 valence electrons. The van der Waals surface area contributed by atoms with Crippen LogP contribution in [0.5, 0.6) is 0 Å². The standard InChI is InChI=1S/C29H32ClFN6O/c1-3-4-11-24-32-27(25-20(2)34-37(28(25)33-24)23-14-12-22(31)13-15-23)35-16-8-17-36(19-18-35)29(38)26(30)21-9-6-5-7-10-21/h5-7,9-10,12-15,26H,3-4,8,11,16-19H2,1-2H3/t26-/m1/s1. The number of carbonyl (C=O) groups excluding carboxylic acids is 1. The lowest BCUT2D eigenvalue weighted by atomic mass is 10.1. The maximum atomic E-state index is 13.6. The fourth-order valence-corrected chi connectivity index (χ4v) is 5.20. The molecular weight excluding hydrogens is 503 g/mol. The van der Waals surface area contributed by atoms with E-state index in [2.05, 4.69) is 11.8 Å². The van der Waals surface area contributed by atoms with Crippen molar-refractivity contribution in [3.63, 3.8) is 0 Å². The Morgan fingerprint density at radius 2 is 1.79 bits per heavy atom. The highest BCUT2D eigenvalue weighted by Gasteiger charge is 2.28. The van der Waals surface area contributed by atoms with Gasteiger partial charge < -0.3 is 9.80 Å². The number of anilines is 1. The van der Waals surface area contributed by atoms with Crippen LogP contribution in [0.1, 0.15) is 48.6 Å². The van der Waals surface area contributed by atoms with E-state index in [0.717, 1.165) is 66.2 Å². The summed E-state index contributed by atoms with van der Waals surface area (Å²) in [5, 5.41) is 4.95. The second-order valence-corrected chi connectivity index (χ2v) is 10.1. The molecule has 3 heterocycles. The van der Waals surface area contributed by atoms with Crippen LogP contribution in [0.3, 0.4) is 0 Å². The third-order valence-electron chi connectivity index (χ3n) is 6.97. The Labute approximate surface area is 227 Å². The van der Waals surface area contributed by atoms with Crippen molar-refractivity contribution in [2.24, 2.45) is 0 Å². The number of carbonyl (C=O) groups is 1. The third kappa shape index (κ3) is 5.36. The third-order valence-corrected chi connectivity index (χ3v) is 7.41. The summed E-state index contributed by atoms with van der Waals surface area (Å²) in [6, 6.07) is 15.8. The van der Waals surface area contributed by atoms with Crippen LogP contribution in [0.25, 0.3) is 16.7 Å². The summed E-state index contributed by atoms with van der Waals surface area (Å²) >= 11 is 6.58. The molecule has 9 heteroatoms. The lowest BCUT2D eigenvalue weighted by molar-refractivity contribution is -0.130. The van der Waals surface area contributed by atoms with Crippen molar-refractivity contribution in [2.45, 2.75) is 44.9 Å². The molecule has 0 unspecified atom stereocenters. The summed E-state index contributed by atoms with van der Waals surface area (Å²) in [5.74, 6) is 1.24. The van der Waals surface area contributed by atoms with Gasteiger partial charge in [-0.2, -0.15) is 5.10 Å². The van der Waals surface area contributed by atoms with Crippen LogP contribution in [-0.2, 0) is 11.2 Å². The van der Waals surface area contributed by atoms with Crippen molar-refractivity contribution in [2.75, 3.05) is 31.1 Å². The molecule has 1 fully saturated rings. The molecule has 1 atom stereocenters. The Balaban J connectivity index is 1.46. The molecule has 2 aromatic carbocycles. The van der Waals surface area contributed by atoms with Crippen LogP contribution < -0.4 is 4.90 Å². The number of aromatic nitrogens is 4. The Morgan fingerprint density at radius 1 is 1.03 bits per heavy atom. The Bertz CT molecular complexity index is 1410. The van der Waals surface area contributed by atoms with Crippen LogP contribution >= 0.6 is 11.6 Å². The summed E-state index contributed by atoms with van der Waals surface area (Å²) in [6.45, 7) is 6.66. The first-order chi connectivity index (χ1) is 18.5. The number of alkyl halides is 1. The molecular formula is C29H32ClFN6O. The van der Waals surface area contributed by atoms with Crippen molar-refractivity contribution in [1.82, 2.24) is 24.6 Å². The number of amides is 1. The minimum Gasteiger partial charge on any atom is -0.354 e. The van der Waals surface area contributed by atoms with Gasteiger partial charge in [0.1, 0.15) is 22.8 Å². The number of rotatable bonds is 7. The summed E-state index contributed by atoms with van der Waals surface area (Å²) in [7, 11) is 0. The highest BCUT2D eigenvalue weighted by molar-refractivity contribution is 6.30. The summed E-state index contributed by atoms with van der Waals surface area (Å²) in [5.41, 5.74) is 3.08. The molecule has 0 saturated carbocycles. The molecule has 7 nitrogen and oxygen atoms in total. The van der Waals surface area contributed by atoms with Gasteiger partial charge >= 0.3 is 0 Å². The van der Waals surface area contributed by atoms with Gasteiger partial charge in [0.15, 0.2) is 5.65 Å². The first-order valence-electron chi connectivity index (χ1n) is 13.2. The average molecular weight is 535 g/mol. The van der Waals surface area contributed by atoms with E-state index in [0.29, 0.717) is 25.3 Å². The maximum Gasteiger partial charge on any atom is 0.245 e. The summed E-state index contributed by atoms with van der Waals surface area (Å²) in [4.78, 5) is 27.2. The quantitative estimate of drug-likeness (QED) is 0.288. The summed E-state index contributed by atoms with van der Waals surface area (Å²) < 4.78 is 15.4. The van der Waals surface area contributed by atoms with Crippen molar-refractivity contribution >= 4 is 34.4 Å². The SMILES string of the molecule is CCCCc1nc(N2CCCN(C(=O)[C@H](Cl)c3ccccc3)CC2)c2c(C)nn(-c3ccc(F)cc3)c2n1. The van der Waals surface area contributed by atoms with E-state index in [1.54, 1.807) is 16.8 Å². The number of benzene rings is 2. The Kier molecular flexibility index (Phi) is 7.88. The lowest BCUT2D eigenvalue weighted by Gasteiger charge is -2.25. The monoisotopic (exact) mass is 534 g/mol. The Morgan fingerprint density at radius 3 is 2.53 bits per heavy atom. The number of fused-ring (bicyclic) bond motifs is 1. The molecule has 0 radical (unpaired) electrons. The van der Waals surface area contributed by atoms with Crippen LogP contribution in [0.2, 0.25) is 0 Å². The van der Waals surface area contributed by atoms with E-state index in [-0.39, 0.29) is 11.7 Å². The number of unbranched alkanes of at least 4 members (excludes halogenated alkanes) is 1. The van der Waals surface area contributed by atoms with E-state index >= 15 is 0 Å². The fraction of sp³-hybridized carbons (Fsp3) is 0.379. The molecule has 0 aliphatic carbocycles. The van der Waals surface area contributed by atoms with Gasteiger partial charge in [-0.1, -0.05) is 43.7 Å². The van der Waals surface area contributed by atoms with E-state index in [1.807, 2.05) is 42.2 Å². The molecule has 0 N–H and O–H groups in total. The first kappa shape index (κ1) is 26.1. The van der Waals surface area contributed by atoms with Crippen LogP contribution in [0.4, 0.5) is 10.2 Å². The largest absolute Gasteiger partial charge is 0.354 e. The van der Waals surface area contributed by atoms with Gasteiger partial charge in [-0.3, -0.25) is 4.79 Å². The molecule has 1 aliphatic rings. The van der Waals surface area contributed by atoms with Crippen LogP contribution in [-0.4, -0.2) is 56.7 Å². The first-order valence-corrected chi connectivity index (χ1v) is 13.6. The topological polar surface area (TPSA) is 67.2 Å². The number of nitrogens with zero attached hydrogens (tertiary/aromatic N) is 6. The number of hydrogen-bond acceptors (Lipinski definition) is 5. The molecule has 0 bridgehead atoms. The number of aryl methyl sites for hydroxylation is 2. The van der Waals surface area contributed by atoms with Gasteiger partial charge in [-0.05, 0) is 49.6 Å². The Hall–Kier alpha value is -3.52. The van der Waals surface area contributed by atoms with Crippen LogP contribution in [0, 0.1) is 12.7 Å². The van der Waals surface area contributed by atoms with Crippen molar-refractivity contribution < 1.29 is 9.18 Å². The van der Waals surface area contributed by atoms with Crippen molar-refractivity contribution in [1.29, 1.82) is 0 Å². The van der Waals surface area contributed by atoms with Gasteiger partial charge in [0, 0.05) is 32.6 Å². The molecule has 2 aromatic heterocycles. The lowest BCUT2D eigenvalue weighted by Crippen LogP contribution is -2.37. The number of halogens is 2. The van der Waals surface area contributed by atoms with Gasteiger partial charge in [0.2, 0.25) is 5.91 Å². The molecule has 1 aliphatic heterocycles. The van der Waals surface area contributed by atoms with Crippen molar-refractivity contribution in [3.8, 4) is 5.69 Å². The van der Waals surface area contributed by atoms with Gasteiger partial charge in [0.25, 0.3) is 0 Å². The zero-order valence-corrected chi connectivity index (χ0v) is 22.5. The van der Waals surface area contributed by atoms with Gasteiger partial charge in [-0.25, -0.2) is 19.0 Å². The van der Waals surface area contributed by atoms with Crippen LogP contribution in [0.15, 0.2) is 54.6 Å². The van der Waals surface area contributed by atoms with E-state index in [1.165, 1.54) is 12.1 Å². The van der Waals surface area contributed by atoms with Gasteiger partial charge in [0.05, 0.1) is 16.8 Å². The maximum absolute atomic E-state index is 13.6. The zero-order chi connectivity index (χ0) is 26.6. The highest BCUT2D eigenvalue weighted by atomic mass is 35.5. The fourth-order valence-electron chi connectivity index (χ4n) is 4.92. The minimum absolute atomic E-state index is 0.0727. The molecule has 4 aromatic rings. The van der Waals surface area contributed by atoms with E-state index < -0.39 is 5.38 Å². The number of hydrogen-bond donors (Lipinski definition) is 0. The second kappa shape index (κ2) is 11.5. The van der Waals surface area contributed by atoms with Gasteiger partial charge in [-0.15, -0.1) is 11.6 Å². The van der Waals surface area contributed by atoms with E-state index in [4.69, 9.17) is 26.7 Å². The van der Waals surface area contributed by atoms with Crippen molar-refractivity contribution in [3.05, 3.63) is 77.5 Å². The molecule has 38 heavy (non-hydrogen) atoms. The highest BCUT2D eigenvalue weighted by Crippen LogP contribution is 2.31.